The zero-order chi connectivity index (χ0) is 22.9. The predicted octanol–water partition coefficient (Wildman–Crippen LogP) is 6.27. The molecule has 5 nitrogen and oxygen atoms in total. The molecular formula is C28H26N4O. The third-order valence-corrected chi connectivity index (χ3v) is 5.81. The number of hydrogen-bond acceptors (Lipinski definition) is 4. The van der Waals surface area contributed by atoms with E-state index >= 15 is 0 Å². The summed E-state index contributed by atoms with van der Waals surface area (Å²) in [6.45, 7) is 4.46. The van der Waals surface area contributed by atoms with Crippen molar-refractivity contribution >= 4 is 11.2 Å². The summed E-state index contributed by atoms with van der Waals surface area (Å²) in [5.74, 6) is 1.43. The molecule has 0 aliphatic heterocycles. The molecule has 0 aliphatic carbocycles. The zero-order valence-corrected chi connectivity index (χ0v) is 19.0. The molecule has 0 fully saturated rings. The second kappa shape index (κ2) is 8.51. The van der Waals surface area contributed by atoms with Crippen molar-refractivity contribution in [3.05, 3.63) is 84.7 Å². The standard InChI is InChI=1S/C28H26N4O/c1-18(2)14-19-15-20(17-21(16-19)24-9-6-7-12-29-24)22-11-13-30-28-26(22)31-27(32(28)3)23-8-4-5-10-25(23)33/h4-13,15-18,33H,14H2,1-3H3. The lowest BCUT2D eigenvalue weighted by Gasteiger charge is -2.12. The third kappa shape index (κ3) is 3.98. The van der Waals surface area contributed by atoms with Crippen LogP contribution >= 0.6 is 0 Å². The molecule has 33 heavy (non-hydrogen) atoms. The fraction of sp³-hybridized carbons (Fsp3) is 0.179. The van der Waals surface area contributed by atoms with Gasteiger partial charge in [-0.15, -0.1) is 0 Å². The highest BCUT2D eigenvalue weighted by Crippen LogP contribution is 2.35. The van der Waals surface area contributed by atoms with Crippen LogP contribution in [0.3, 0.4) is 0 Å². The Bertz CT molecular complexity index is 1440. The molecule has 5 rings (SSSR count). The third-order valence-electron chi connectivity index (χ3n) is 5.81. The number of fused-ring (bicyclic) bond motifs is 1. The minimum atomic E-state index is 0.203. The van der Waals surface area contributed by atoms with Gasteiger partial charge in [-0.05, 0) is 65.9 Å². The number of aromatic nitrogens is 4. The van der Waals surface area contributed by atoms with Gasteiger partial charge in [0.1, 0.15) is 17.1 Å². The fourth-order valence-electron chi connectivity index (χ4n) is 4.33. The van der Waals surface area contributed by atoms with Crippen molar-refractivity contribution in [1.82, 2.24) is 19.5 Å². The molecule has 3 aromatic heterocycles. The quantitative estimate of drug-likeness (QED) is 0.354. The summed E-state index contributed by atoms with van der Waals surface area (Å²) in [6, 6.07) is 21.9. The number of hydrogen-bond donors (Lipinski definition) is 1. The summed E-state index contributed by atoms with van der Waals surface area (Å²) in [5.41, 5.74) is 7.68. The summed E-state index contributed by atoms with van der Waals surface area (Å²) >= 11 is 0. The van der Waals surface area contributed by atoms with Crippen LogP contribution in [0.4, 0.5) is 0 Å². The molecule has 5 aromatic rings. The highest BCUT2D eigenvalue weighted by atomic mass is 16.3. The number of benzene rings is 2. The molecule has 0 radical (unpaired) electrons. The molecule has 0 atom stereocenters. The van der Waals surface area contributed by atoms with E-state index < -0.39 is 0 Å². The van der Waals surface area contributed by atoms with E-state index in [1.807, 2.05) is 66.5 Å². The summed E-state index contributed by atoms with van der Waals surface area (Å²) in [4.78, 5) is 14.1. The number of phenols is 1. The van der Waals surface area contributed by atoms with Crippen LogP contribution in [0.25, 0.3) is 44.9 Å². The van der Waals surface area contributed by atoms with Gasteiger partial charge in [0.05, 0.1) is 11.3 Å². The molecule has 0 unspecified atom stereocenters. The number of aryl methyl sites for hydroxylation is 1. The predicted molar refractivity (Wildman–Crippen MR) is 133 cm³/mol. The second-order valence-electron chi connectivity index (χ2n) is 8.77. The largest absolute Gasteiger partial charge is 0.507 e. The summed E-state index contributed by atoms with van der Waals surface area (Å²) in [6.07, 6.45) is 4.63. The number of phenolic OH excluding ortho intramolecular Hbond substituents is 1. The number of aromatic hydroxyl groups is 1. The van der Waals surface area contributed by atoms with Gasteiger partial charge in [-0.2, -0.15) is 0 Å². The van der Waals surface area contributed by atoms with Crippen LogP contribution in [-0.4, -0.2) is 24.6 Å². The van der Waals surface area contributed by atoms with Gasteiger partial charge in [0.25, 0.3) is 0 Å². The van der Waals surface area contributed by atoms with Crippen LogP contribution in [-0.2, 0) is 13.5 Å². The van der Waals surface area contributed by atoms with Gasteiger partial charge in [0.15, 0.2) is 5.65 Å². The van der Waals surface area contributed by atoms with Gasteiger partial charge >= 0.3 is 0 Å². The van der Waals surface area contributed by atoms with Crippen LogP contribution in [0.5, 0.6) is 5.75 Å². The molecular weight excluding hydrogens is 408 g/mol. The first-order valence-electron chi connectivity index (χ1n) is 11.2. The second-order valence-corrected chi connectivity index (χ2v) is 8.77. The minimum Gasteiger partial charge on any atom is -0.507 e. The smallest absolute Gasteiger partial charge is 0.160 e. The average Bonchev–Trinajstić information content (AvgIpc) is 3.16. The van der Waals surface area contributed by atoms with Crippen molar-refractivity contribution in [2.24, 2.45) is 13.0 Å². The average molecular weight is 435 g/mol. The first-order valence-corrected chi connectivity index (χ1v) is 11.2. The zero-order valence-electron chi connectivity index (χ0n) is 19.0. The van der Waals surface area contributed by atoms with Gasteiger partial charge in [-0.1, -0.05) is 38.1 Å². The van der Waals surface area contributed by atoms with Gasteiger partial charge in [0.2, 0.25) is 0 Å². The molecule has 0 spiro atoms. The van der Waals surface area contributed by atoms with Gasteiger partial charge in [0, 0.05) is 30.6 Å². The van der Waals surface area contributed by atoms with E-state index in [1.165, 1.54) is 5.56 Å². The highest BCUT2D eigenvalue weighted by Gasteiger charge is 2.18. The first-order chi connectivity index (χ1) is 16.0. The maximum Gasteiger partial charge on any atom is 0.160 e. The fourth-order valence-corrected chi connectivity index (χ4v) is 4.33. The maximum atomic E-state index is 10.4. The van der Waals surface area contributed by atoms with Crippen molar-refractivity contribution < 1.29 is 5.11 Å². The number of pyridine rings is 2. The van der Waals surface area contributed by atoms with E-state index in [1.54, 1.807) is 6.07 Å². The summed E-state index contributed by atoms with van der Waals surface area (Å²) < 4.78 is 1.94. The van der Waals surface area contributed by atoms with Crippen LogP contribution < -0.4 is 0 Å². The number of rotatable bonds is 5. The number of nitrogens with zero attached hydrogens (tertiary/aromatic N) is 4. The van der Waals surface area contributed by atoms with Crippen molar-refractivity contribution in [3.8, 4) is 39.5 Å². The van der Waals surface area contributed by atoms with Crippen LogP contribution in [0.2, 0.25) is 0 Å². The SMILES string of the molecule is CC(C)Cc1cc(-c2ccccn2)cc(-c2ccnc3c2nc(-c2ccccc2O)n3C)c1. The van der Waals surface area contributed by atoms with Gasteiger partial charge in [-0.3, -0.25) is 4.98 Å². The Balaban J connectivity index is 1.72. The van der Waals surface area contributed by atoms with Crippen molar-refractivity contribution in [2.75, 3.05) is 0 Å². The summed E-state index contributed by atoms with van der Waals surface area (Å²) in [7, 11) is 1.93. The normalized spacial score (nSPS) is 11.4. The van der Waals surface area contributed by atoms with E-state index in [9.17, 15) is 5.11 Å². The minimum absolute atomic E-state index is 0.203. The van der Waals surface area contributed by atoms with E-state index in [-0.39, 0.29) is 5.75 Å². The van der Waals surface area contributed by atoms with Gasteiger partial charge in [-0.25, -0.2) is 9.97 Å². The molecule has 0 bridgehead atoms. The van der Waals surface area contributed by atoms with Crippen molar-refractivity contribution in [1.29, 1.82) is 0 Å². The van der Waals surface area contributed by atoms with Crippen molar-refractivity contribution in [2.45, 2.75) is 20.3 Å². The maximum absolute atomic E-state index is 10.4. The molecule has 164 valence electrons. The molecule has 0 saturated heterocycles. The van der Waals surface area contributed by atoms with Crippen LogP contribution in [0.15, 0.2) is 79.1 Å². The topological polar surface area (TPSA) is 63.8 Å². The van der Waals surface area contributed by atoms with E-state index in [0.29, 0.717) is 17.3 Å². The first kappa shape index (κ1) is 20.9. The Labute approximate surface area is 193 Å². The van der Waals surface area contributed by atoms with Crippen molar-refractivity contribution in [3.63, 3.8) is 0 Å². The van der Waals surface area contributed by atoms with Crippen LogP contribution in [0.1, 0.15) is 19.4 Å². The molecule has 0 aliphatic rings. The van der Waals surface area contributed by atoms with Gasteiger partial charge < -0.3 is 9.67 Å². The lowest BCUT2D eigenvalue weighted by molar-refractivity contribution is 0.476. The summed E-state index contributed by atoms with van der Waals surface area (Å²) in [5, 5.41) is 10.4. The Kier molecular flexibility index (Phi) is 5.38. The van der Waals surface area contributed by atoms with E-state index in [0.717, 1.165) is 40.0 Å². The lowest BCUT2D eigenvalue weighted by atomic mass is 9.94. The number of imidazole rings is 1. The Morgan fingerprint density at radius 1 is 0.848 bits per heavy atom. The molecule has 3 heterocycles. The highest BCUT2D eigenvalue weighted by molar-refractivity contribution is 5.93. The lowest BCUT2D eigenvalue weighted by Crippen LogP contribution is -1.96. The Morgan fingerprint density at radius 2 is 1.64 bits per heavy atom. The van der Waals surface area contributed by atoms with Crippen LogP contribution in [0, 0.1) is 5.92 Å². The molecule has 0 amide bonds. The molecule has 1 N–H and O–H groups in total. The number of para-hydroxylation sites is 1. The molecule has 2 aromatic carbocycles. The monoisotopic (exact) mass is 434 g/mol. The molecule has 0 saturated carbocycles. The molecule has 5 heteroatoms. The Hall–Kier alpha value is -3.99. The van der Waals surface area contributed by atoms with E-state index in [2.05, 4.69) is 42.0 Å². The van der Waals surface area contributed by atoms with E-state index in [4.69, 9.17) is 4.98 Å². The Morgan fingerprint density at radius 3 is 2.39 bits per heavy atom.